The van der Waals surface area contributed by atoms with Crippen molar-refractivity contribution in [1.82, 2.24) is 0 Å². The molecule has 3 aromatic carbocycles. The monoisotopic (exact) mass is 286 g/mol. The van der Waals surface area contributed by atoms with E-state index in [4.69, 9.17) is 4.74 Å². The van der Waals surface area contributed by atoms with Crippen LogP contribution in [0.5, 0.6) is 5.75 Å². The molecule has 0 spiro atoms. The molecule has 0 amide bonds. The van der Waals surface area contributed by atoms with Gasteiger partial charge < -0.3 is 4.74 Å². The van der Waals surface area contributed by atoms with Gasteiger partial charge in [-0.1, -0.05) is 60.2 Å². The molecule has 4 rings (SSSR count). The van der Waals surface area contributed by atoms with Crippen molar-refractivity contribution in [3.63, 3.8) is 0 Å². The highest BCUT2D eigenvalue weighted by Crippen LogP contribution is 2.48. The van der Waals surface area contributed by atoms with Crippen LogP contribution >= 0.6 is 0 Å². The van der Waals surface area contributed by atoms with Gasteiger partial charge in [-0.05, 0) is 46.9 Å². The summed E-state index contributed by atoms with van der Waals surface area (Å²) >= 11 is 0. The molecule has 0 aromatic heterocycles. The van der Waals surface area contributed by atoms with E-state index >= 15 is 0 Å². The average molecular weight is 286 g/mol. The number of hydrogen-bond donors (Lipinski definition) is 0. The molecule has 0 heterocycles. The van der Waals surface area contributed by atoms with Gasteiger partial charge in [0, 0.05) is 5.92 Å². The molecular formula is C21H18O. The van der Waals surface area contributed by atoms with Gasteiger partial charge in [-0.25, -0.2) is 0 Å². The summed E-state index contributed by atoms with van der Waals surface area (Å²) in [7, 11) is 1.73. The van der Waals surface area contributed by atoms with Gasteiger partial charge in [0.15, 0.2) is 0 Å². The van der Waals surface area contributed by atoms with Gasteiger partial charge in [-0.3, -0.25) is 0 Å². The van der Waals surface area contributed by atoms with Crippen LogP contribution in [0.2, 0.25) is 0 Å². The predicted octanol–water partition coefficient (Wildman–Crippen LogP) is 5.16. The highest BCUT2D eigenvalue weighted by atomic mass is 16.5. The Hall–Kier alpha value is -2.54. The van der Waals surface area contributed by atoms with E-state index in [2.05, 4.69) is 67.6 Å². The van der Waals surface area contributed by atoms with E-state index in [1.807, 2.05) is 6.07 Å². The average Bonchev–Trinajstić information content (AvgIpc) is 2.89. The zero-order chi connectivity index (χ0) is 15.1. The van der Waals surface area contributed by atoms with Crippen molar-refractivity contribution in [3.05, 3.63) is 89.0 Å². The second kappa shape index (κ2) is 5.03. The predicted molar refractivity (Wildman–Crippen MR) is 90.6 cm³/mol. The molecule has 1 heteroatoms. The summed E-state index contributed by atoms with van der Waals surface area (Å²) in [5.74, 6) is 1.21. The van der Waals surface area contributed by atoms with E-state index in [1.165, 1.54) is 33.4 Å². The van der Waals surface area contributed by atoms with Crippen molar-refractivity contribution >= 4 is 0 Å². The molecule has 0 radical (unpaired) electrons. The highest BCUT2D eigenvalue weighted by Gasteiger charge is 2.29. The molecule has 1 atom stereocenters. The van der Waals surface area contributed by atoms with Crippen LogP contribution in [-0.2, 0) is 0 Å². The maximum atomic E-state index is 5.44. The number of ether oxygens (including phenoxy) is 1. The van der Waals surface area contributed by atoms with E-state index in [-0.39, 0.29) is 0 Å². The highest BCUT2D eigenvalue weighted by molar-refractivity contribution is 5.81. The van der Waals surface area contributed by atoms with Crippen LogP contribution in [0, 0.1) is 6.92 Å². The SMILES string of the molecule is COc1ccc2c(c1)C(c1ccc(C)cc1)c1ccccc1-2. The lowest BCUT2D eigenvalue weighted by Crippen LogP contribution is -1.99. The van der Waals surface area contributed by atoms with Crippen molar-refractivity contribution in [1.29, 1.82) is 0 Å². The quantitative estimate of drug-likeness (QED) is 0.494. The second-order valence-electron chi connectivity index (χ2n) is 5.88. The summed E-state index contributed by atoms with van der Waals surface area (Å²) in [5.41, 5.74) is 8.01. The van der Waals surface area contributed by atoms with Gasteiger partial charge in [0.25, 0.3) is 0 Å². The minimum absolute atomic E-state index is 0.293. The topological polar surface area (TPSA) is 9.23 Å². The van der Waals surface area contributed by atoms with E-state index in [0.717, 1.165) is 5.75 Å². The van der Waals surface area contributed by atoms with E-state index in [9.17, 15) is 0 Å². The Balaban J connectivity index is 1.96. The third-order valence-electron chi connectivity index (χ3n) is 4.54. The molecule has 1 aliphatic rings. The van der Waals surface area contributed by atoms with Crippen molar-refractivity contribution in [2.24, 2.45) is 0 Å². The lowest BCUT2D eigenvalue weighted by Gasteiger charge is -2.15. The first-order chi connectivity index (χ1) is 10.8. The third kappa shape index (κ3) is 1.93. The van der Waals surface area contributed by atoms with Crippen LogP contribution in [0.3, 0.4) is 0 Å². The number of hydrogen-bond acceptors (Lipinski definition) is 1. The Kier molecular flexibility index (Phi) is 3.00. The number of benzene rings is 3. The van der Waals surface area contributed by atoms with Crippen molar-refractivity contribution in [2.45, 2.75) is 12.8 Å². The molecule has 0 fully saturated rings. The summed E-state index contributed by atoms with van der Waals surface area (Å²) in [6.45, 7) is 2.13. The van der Waals surface area contributed by atoms with Gasteiger partial charge in [0.1, 0.15) is 5.75 Å². The Bertz CT molecular complexity index is 831. The largest absolute Gasteiger partial charge is 0.497 e. The first kappa shape index (κ1) is 13.1. The van der Waals surface area contributed by atoms with E-state index in [0.29, 0.717) is 5.92 Å². The van der Waals surface area contributed by atoms with Gasteiger partial charge in [0.05, 0.1) is 7.11 Å². The van der Waals surface area contributed by atoms with Crippen LogP contribution in [-0.4, -0.2) is 7.11 Å². The molecule has 0 N–H and O–H groups in total. The van der Waals surface area contributed by atoms with Crippen LogP contribution < -0.4 is 4.74 Å². The maximum Gasteiger partial charge on any atom is 0.119 e. The zero-order valence-electron chi connectivity index (χ0n) is 12.8. The molecule has 0 saturated heterocycles. The number of aryl methyl sites for hydroxylation is 1. The van der Waals surface area contributed by atoms with Gasteiger partial charge in [0.2, 0.25) is 0 Å². The van der Waals surface area contributed by atoms with Gasteiger partial charge in [-0.2, -0.15) is 0 Å². The van der Waals surface area contributed by atoms with Crippen LogP contribution in [0.1, 0.15) is 28.2 Å². The first-order valence-corrected chi connectivity index (χ1v) is 7.62. The van der Waals surface area contributed by atoms with E-state index < -0.39 is 0 Å². The smallest absolute Gasteiger partial charge is 0.119 e. The fourth-order valence-corrected chi connectivity index (χ4v) is 3.43. The molecule has 0 aliphatic heterocycles. The third-order valence-corrected chi connectivity index (χ3v) is 4.54. The Morgan fingerprint density at radius 3 is 2.27 bits per heavy atom. The van der Waals surface area contributed by atoms with Crippen molar-refractivity contribution in [2.75, 3.05) is 7.11 Å². The van der Waals surface area contributed by atoms with Gasteiger partial charge >= 0.3 is 0 Å². The number of rotatable bonds is 2. The maximum absolute atomic E-state index is 5.44. The minimum atomic E-state index is 0.293. The van der Waals surface area contributed by atoms with Crippen LogP contribution in [0.15, 0.2) is 66.7 Å². The number of fused-ring (bicyclic) bond motifs is 3. The minimum Gasteiger partial charge on any atom is -0.497 e. The fourth-order valence-electron chi connectivity index (χ4n) is 3.43. The molecule has 0 bridgehead atoms. The van der Waals surface area contributed by atoms with Crippen molar-refractivity contribution < 1.29 is 4.74 Å². The molecule has 108 valence electrons. The molecule has 1 unspecified atom stereocenters. The first-order valence-electron chi connectivity index (χ1n) is 7.62. The fraction of sp³-hybridized carbons (Fsp3) is 0.143. The molecule has 1 nitrogen and oxygen atoms in total. The van der Waals surface area contributed by atoms with Crippen LogP contribution in [0.4, 0.5) is 0 Å². The molecular weight excluding hydrogens is 268 g/mol. The molecule has 22 heavy (non-hydrogen) atoms. The van der Waals surface area contributed by atoms with Crippen LogP contribution in [0.25, 0.3) is 11.1 Å². The van der Waals surface area contributed by atoms with Crippen molar-refractivity contribution in [3.8, 4) is 16.9 Å². The lowest BCUT2D eigenvalue weighted by molar-refractivity contribution is 0.414. The molecule has 1 aliphatic carbocycles. The zero-order valence-corrected chi connectivity index (χ0v) is 12.8. The Labute approximate surface area is 131 Å². The summed E-state index contributed by atoms with van der Waals surface area (Å²) in [4.78, 5) is 0. The standard InChI is InChI=1S/C21H18O/c1-14-7-9-15(10-8-14)21-19-6-4-3-5-17(19)18-12-11-16(22-2)13-20(18)21/h3-13,21H,1-2H3. The summed E-state index contributed by atoms with van der Waals surface area (Å²) in [6.07, 6.45) is 0. The summed E-state index contributed by atoms with van der Waals surface area (Å²) < 4.78 is 5.44. The normalized spacial score (nSPS) is 15.3. The molecule has 3 aromatic rings. The van der Waals surface area contributed by atoms with E-state index in [1.54, 1.807) is 7.11 Å². The molecule has 0 saturated carbocycles. The lowest BCUT2D eigenvalue weighted by atomic mass is 9.89. The Morgan fingerprint density at radius 2 is 1.50 bits per heavy atom. The number of methoxy groups -OCH3 is 1. The summed E-state index contributed by atoms with van der Waals surface area (Å²) in [5, 5.41) is 0. The van der Waals surface area contributed by atoms with Gasteiger partial charge in [-0.15, -0.1) is 0 Å². The Morgan fingerprint density at radius 1 is 0.773 bits per heavy atom. The summed E-state index contributed by atoms with van der Waals surface area (Å²) in [6, 6.07) is 24.0. The second-order valence-corrected chi connectivity index (χ2v) is 5.88.